The lowest BCUT2D eigenvalue weighted by Gasteiger charge is -2.01. The molecule has 6 heteroatoms. The number of hydrogen-bond acceptors (Lipinski definition) is 4. The molecule has 0 radical (unpaired) electrons. The van der Waals surface area contributed by atoms with Crippen LogP contribution in [0.2, 0.25) is 0 Å². The van der Waals surface area contributed by atoms with Crippen LogP contribution < -0.4 is 16.6 Å². The number of hydrogen-bond donors (Lipinski definition) is 3. The zero-order valence-electron chi connectivity index (χ0n) is 8.03. The minimum atomic E-state index is -0.504. The summed E-state index contributed by atoms with van der Waals surface area (Å²) in [7, 11) is 0. The summed E-state index contributed by atoms with van der Waals surface area (Å²) in [5.41, 5.74) is 0.389. The van der Waals surface area contributed by atoms with Crippen LogP contribution in [0.15, 0.2) is 31.9 Å². The average Bonchev–Trinajstić information content (AvgIpc) is 2.21. The van der Waals surface area contributed by atoms with E-state index < -0.39 is 5.63 Å². The molecule has 1 aromatic heterocycles. The number of fused-ring (bicyclic) bond motifs is 1. The number of nitrogens with one attached hydrogen (secondary N) is 1. The van der Waals surface area contributed by atoms with E-state index in [-0.39, 0.29) is 5.75 Å². The number of phenols is 1. The van der Waals surface area contributed by atoms with E-state index in [1.165, 1.54) is 18.3 Å². The number of phenolic OH excluding ortho intramolecular Hbond substituents is 1. The van der Waals surface area contributed by atoms with Gasteiger partial charge in [-0.15, -0.1) is 5.10 Å². The lowest BCUT2D eigenvalue weighted by atomic mass is 10.1. The van der Waals surface area contributed by atoms with Gasteiger partial charge in [-0.1, -0.05) is 0 Å². The van der Waals surface area contributed by atoms with Crippen LogP contribution in [0.5, 0.6) is 5.75 Å². The molecule has 0 saturated heterocycles. The van der Waals surface area contributed by atoms with Gasteiger partial charge in [0.2, 0.25) is 0 Å². The van der Waals surface area contributed by atoms with E-state index in [1.807, 2.05) is 0 Å². The van der Waals surface area contributed by atoms with E-state index >= 15 is 0 Å². The molecule has 0 aliphatic carbocycles. The molecule has 0 atom stereocenters. The maximum atomic E-state index is 11.2. The summed E-state index contributed by atoms with van der Waals surface area (Å²) in [5, 5.41) is 12.5. The number of hydrazone groups is 1. The third-order valence-electron chi connectivity index (χ3n) is 2.08. The normalized spacial score (nSPS) is 11.3. The molecule has 1 heterocycles. The highest BCUT2D eigenvalue weighted by molar-refractivity contribution is 9.10. The van der Waals surface area contributed by atoms with Crippen LogP contribution >= 0.6 is 15.9 Å². The van der Waals surface area contributed by atoms with Crippen LogP contribution in [-0.4, -0.2) is 11.3 Å². The Kier molecular flexibility index (Phi) is 2.66. The van der Waals surface area contributed by atoms with E-state index in [4.69, 9.17) is 10.3 Å². The molecule has 0 spiro atoms. The topological polar surface area (TPSA) is 90.4 Å². The lowest BCUT2D eigenvalue weighted by molar-refractivity contribution is -0.463. The summed E-state index contributed by atoms with van der Waals surface area (Å²) >= 11 is 3.18. The van der Waals surface area contributed by atoms with E-state index in [1.54, 1.807) is 6.07 Å². The van der Waals surface area contributed by atoms with Gasteiger partial charge in [0, 0.05) is 17.5 Å². The van der Waals surface area contributed by atoms with E-state index in [0.717, 1.165) is 0 Å². The van der Waals surface area contributed by atoms with Crippen molar-refractivity contribution in [1.82, 2.24) is 0 Å². The summed E-state index contributed by atoms with van der Waals surface area (Å²) in [5.74, 6) is 5.18. The molecule has 0 aliphatic heterocycles. The summed E-state index contributed by atoms with van der Waals surface area (Å²) in [6.07, 6.45) is 1.47. The molecule has 0 amide bonds. The zero-order chi connectivity index (χ0) is 11.7. The van der Waals surface area contributed by atoms with E-state index in [9.17, 15) is 9.90 Å². The second kappa shape index (κ2) is 3.97. The molecular weight excluding hydrogens is 276 g/mol. The van der Waals surface area contributed by atoms with Crippen LogP contribution in [-0.2, 0) is 0 Å². The van der Waals surface area contributed by atoms with Crippen molar-refractivity contribution < 1.29 is 14.6 Å². The summed E-state index contributed by atoms with van der Waals surface area (Å²) in [6.45, 7) is 0. The molecule has 0 fully saturated rings. The van der Waals surface area contributed by atoms with Crippen molar-refractivity contribution in [2.45, 2.75) is 0 Å². The highest BCUT2D eigenvalue weighted by Crippen LogP contribution is 2.29. The Labute approximate surface area is 98.3 Å². The van der Waals surface area contributed by atoms with Gasteiger partial charge in [-0.25, -0.2) is 10.6 Å². The van der Waals surface area contributed by atoms with Gasteiger partial charge in [-0.05, 0) is 22.0 Å². The first-order valence-electron chi connectivity index (χ1n) is 4.37. The highest BCUT2D eigenvalue weighted by Gasteiger charge is 2.09. The third kappa shape index (κ3) is 1.79. The maximum absolute atomic E-state index is 11.2. The molecule has 16 heavy (non-hydrogen) atoms. The molecule has 4 N–H and O–H groups in total. The molecule has 82 valence electrons. The number of benzene rings is 1. The maximum Gasteiger partial charge on any atom is 0.337 e. The van der Waals surface area contributed by atoms with Crippen molar-refractivity contribution in [2.75, 3.05) is 0 Å². The summed E-state index contributed by atoms with van der Waals surface area (Å²) < 4.78 is 5.47. The molecule has 2 rings (SSSR count). The predicted octanol–water partition coefficient (Wildman–Crippen LogP) is -0.366. The Bertz CT molecular complexity index is 634. The standard InChI is InChI=1S/C10H7BrN2O3/c11-7-2-6-5(4-13-12)1-10(15)16-9(6)3-8(7)14/h1-4,14H,12H2/p+1. The van der Waals surface area contributed by atoms with Gasteiger partial charge in [0.25, 0.3) is 0 Å². The Morgan fingerprint density at radius 3 is 2.88 bits per heavy atom. The zero-order valence-corrected chi connectivity index (χ0v) is 9.61. The molecule has 5 nitrogen and oxygen atoms in total. The van der Waals surface area contributed by atoms with E-state index in [0.29, 0.717) is 21.0 Å². The largest absolute Gasteiger partial charge is 0.507 e. The van der Waals surface area contributed by atoms with Crippen LogP contribution in [0.4, 0.5) is 0 Å². The molecule has 0 bridgehead atoms. The average molecular weight is 284 g/mol. The number of rotatable bonds is 1. The minimum absolute atomic E-state index is 0.00788. The second-order valence-electron chi connectivity index (χ2n) is 3.13. The molecule has 0 saturated carbocycles. The highest BCUT2D eigenvalue weighted by atomic mass is 79.9. The number of hydrazine groups is 1. The Morgan fingerprint density at radius 1 is 1.44 bits per heavy atom. The van der Waals surface area contributed by atoms with Gasteiger partial charge in [0.05, 0.1) is 10.0 Å². The molecule has 0 unspecified atom stereocenters. The van der Waals surface area contributed by atoms with E-state index in [2.05, 4.69) is 21.0 Å². The SMILES string of the molecule is N[NH+]=Cc1cc(=O)oc2cc(O)c(Br)cc12. The monoisotopic (exact) mass is 283 g/mol. The first-order chi connectivity index (χ1) is 7.61. The van der Waals surface area contributed by atoms with Gasteiger partial charge in [-0.2, -0.15) is 0 Å². The van der Waals surface area contributed by atoms with Gasteiger partial charge < -0.3 is 9.52 Å². The molecule has 0 aliphatic rings. The van der Waals surface area contributed by atoms with Gasteiger partial charge in [-0.3, -0.25) is 0 Å². The fourth-order valence-electron chi connectivity index (χ4n) is 1.40. The van der Waals surface area contributed by atoms with Crippen LogP contribution in [0.3, 0.4) is 0 Å². The van der Waals surface area contributed by atoms with Gasteiger partial charge >= 0.3 is 5.63 Å². The first kappa shape index (κ1) is 10.7. The van der Waals surface area contributed by atoms with Crippen molar-refractivity contribution in [3.8, 4) is 5.75 Å². The Morgan fingerprint density at radius 2 is 2.19 bits per heavy atom. The number of nitrogens with two attached hydrogens (primary N) is 1. The smallest absolute Gasteiger partial charge is 0.337 e. The molecule has 2 aromatic rings. The first-order valence-corrected chi connectivity index (χ1v) is 5.17. The quantitative estimate of drug-likeness (QED) is 0.288. The number of halogens is 1. The van der Waals surface area contributed by atoms with Crippen molar-refractivity contribution >= 4 is 33.1 Å². The van der Waals surface area contributed by atoms with Crippen LogP contribution in [0, 0.1) is 0 Å². The second-order valence-corrected chi connectivity index (χ2v) is 3.99. The van der Waals surface area contributed by atoms with Crippen molar-refractivity contribution in [3.05, 3.63) is 38.7 Å². The predicted molar refractivity (Wildman–Crippen MR) is 62.2 cm³/mol. The van der Waals surface area contributed by atoms with Crippen molar-refractivity contribution in [2.24, 2.45) is 5.84 Å². The van der Waals surface area contributed by atoms with Gasteiger partial charge in [0.1, 0.15) is 11.3 Å². The van der Waals surface area contributed by atoms with Crippen LogP contribution in [0.1, 0.15) is 5.56 Å². The van der Waals surface area contributed by atoms with Gasteiger partial charge in [0.15, 0.2) is 6.21 Å². The fourth-order valence-corrected chi connectivity index (χ4v) is 1.75. The van der Waals surface area contributed by atoms with Crippen molar-refractivity contribution in [3.63, 3.8) is 0 Å². The minimum Gasteiger partial charge on any atom is -0.507 e. The summed E-state index contributed by atoms with van der Waals surface area (Å²) in [4.78, 5) is 11.2. The third-order valence-corrected chi connectivity index (χ3v) is 2.72. The Balaban J connectivity index is 2.90. The molecular formula is C10H8BrN2O3+. The number of aromatic hydroxyl groups is 1. The molecule has 1 aromatic carbocycles. The lowest BCUT2D eigenvalue weighted by Crippen LogP contribution is -2.76. The summed E-state index contributed by atoms with van der Waals surface area (Å²) in [6, 6.07) is 4.33. The van der Waals surface area contributed by atoms with Crippen LogP contribution in [0.25, 0.3) is 11.0 Å². The fraction of sp³-hybridized carbons (Fsp3) is 0. The Hall–Kier alpha value is -1.82. The van der Waals surface area contributed by atoms with Crippen molar-refractivity contribution in [1.29, 1.82) is 0 Å².